The van der Waals surface area contributed by atoms with Crippen molar-refractivity contribution in [1.29, 1.82) is 0 Å². The Morgan fingerprint density at radius 3 is 2.68 bits per heavy atom. The number of hydrogen-bond donors (Lipinski definition) is 1. The third kappa shape index (κ3) is 4.24. The molecule has 0 fully saturated rings. The summed E-state index contributed by atoms with van der Waals surface area (Å²) >= 11 is 0. The maximum atomic E-state index is 5.67. The Hall–Kier alpha value is -3.02. The first-order chi connectivity index (χ1) is 10.7. The van der Waals surface area contributed by atoms with Gasteiger partial charge >= 0.3 is 0 Å². The lowest BCUT2D eigenvalue weighted by Gasteiger charge is -2.07. The van der Waals surface area contributed by atoms with Gasteiger partial charge in [0.05, 0.1) is 12.0 Å². The number of nitrogens with zero attached hydrogens (tertiary/aromatic N) is 4. The number of allylic oxidation sites excluding steroid dienone is 2. The molecule has 0 spiro atoms. The van der Waals surface area contributed by atoms with E-state index in [1.807, 2.05) is 37.3 Å². The van der Waals surface area contributed by atoms with Gasteiger partial charge in [0.2, 0.25) is 5.88 Å². The first-order valence-corrected chi connectivity index (χ1v) is 6.68. The monoisotopic (exact) mass is 295 g/mol. The standard InChI is InChI=1S/C16H17N5O/c1-12(8-9-18-2)22-15-10-14(13-6-4-3-5-7-13)20-16(21-15)19-11-17/h3-11H,1-2H3,(H2,17,19,20,21)/b12-8+,18-9?. The lowest BCUT2D eigenvalue weighted by molar-refractivity contribution is 0.412. The van der Waals surface area contributed by atoms with Gasteiger partial charge in [0.1, 0.15) is 5.76 Å². The summed E-state index contributed by atoms with van der Waals surface area (Å²) in [4.78, 5) is 16.4. The van der Waals surface area contributed by atoms with Crippen LogP contribution in [0.25, 0.3) is 11.3 Å². The minimum absolute atomic E-state index is 0.246. The molecule has 112 valence electrons. The average Bonchev–Trinajstić information content (AvgIpc) is 2.54. The fraction of sp³-hybridized carbons (Fsp3) is 0.125. The van der Waals surface area contributed by atoms with Gasteiger partial charge in [0, 0.05) is 24.9 Å². The zero-order valence-electron chi connectivity index (χ0n) is 12.5. The molecule has 1 heterocycles. The van der Waals surface area contributed by atoms with Crippen LogP contribution < -0.4 is 10.5 Å². The van der Waals surface area contributed by atoms with Crippen molar-refractivity contribution in [3.05, 3.63) is 48.2 Å². The number of hydrogen-bond acceptors (Lipinski definition) is 5. The molecule has 2 N–H and O–H groups in total. The van der Waals surface area contributed by atoms with Gasteiger partial charge in [-0.25, -0.2) is 9.98 Å². The van der Waals surface area contributed by atoms with E-state index in [2.05, 4.69) is 20.0 Å². The number of aliphatic imine (C=N–C) groups is 2. The third-order valence-electron chi connectivity index (χ3n) is 2.67. The number of ether oxygens (including phenoxy) is 1. The number of benzene rings is 1. The van der Waals surface area contributed by atoms with E-state index in [9.17, 15) is 0 Å². The highest BCUT2D eigenvalue weighted by Gasteiger charge is 2.07. The zero-order chi connectivity index (χ0) is 15.8. The average molecular weight is 295 g/mol. The lowest BCUT2D eigenvalue weighted by atomic mass is 10.1. The molecule has 0 saturated heterocycles. The van der Waals surface area contributed by atoms with Crippen molar-refractivity contribution in [2.45, 2.75) is 6.92 Å². The highest BCUT2D eigenvalue weighted by atomic mass is 16.5. The van der Waals surface area contributed by atoms with Gasteiger partial charge in [-0.05, 0) is 13.0 Å². The molecule has 0 amide bonds. The van der Waals surface area contributed by atoms with Crippen LogP contribution in [0.5, 0.6) is 5.88 Å². The summed E-state index contributed by atoms with van der Waals surface area (Å²) in [6.45, 7) is 1.82. The van der Waals surface area contributed by atoms with Gasteiger partial charge in [-0.2, -0.15) is 4.98 Å². The minimum Gasteiger partial charge on any atom is -0.443 e. The van der Waals surface area contributed by atoms with E-state index in [0.717, 1.165) is 11.9 Å². The van der Waals surface area contributed by atoms with Crippen LogP contribution in [0.4, 0.5) is 5.95 Å². The second-order valence-electron chi connectivity index (χ2n) is 4.32. The number of aromatic nitrogens is 2. The number of nitrogens with two attached hydrogens (primary N) is 1. The third-order valence-corrected chi connectivity index (χ3v) is 2.67. The van der Waals surface area contributed by atoms with E-state index >= 15 is 0 Å². The molecule has 1 aromatic carbocycles. The Bertz CT molecular complexity index is 708. The highest BCUT2D eigenvalue weighted by Crippen LogP contribution is 2.24. The summed E-state index contributed by atoms with van der Waals surface area (Å²) in [6.07, 6.45) is 4.55. The Morgan fingerprint density at radius 2 is 2.00 bits per heavy atom. The van der Waals surface area contributed by atoms with Crippen LogP contribution in [0, 0.1) is 0 Å². The Kier molecular flexibility index (Phi) is 5.37. The van der Waals surface area contributed by atoms with Crippen molar-refractivity contribution in [2.24, 2.45) is 15.7 Å². The zero-order valence-corrected chi connectivity index (χ0v) is 12.5. The van der Waals surface area contributed by atoms with Crippen LogP contribution >= 0.6 is 0 Å². The van der Waals surface area contributed by atoms with E-state index in [0.29, 0.717) is 17.3 Å². The Balaban J connectivity index is 2.39. The molecule has 1 aromatic heterocycles. The van der Waals surface area contributed by atoms with Crippen molar-refractivity contribution in [3.8, 4) is 17.1 Å². The minimum atomic E-state index is 0.246. The fourth-order valence-corrected chi connectivity index (χ4v) is 1.72. The lowest BCUT2D eigenvalue weighted by Crippen LogP contribution is -1.97. The van der Waals surface area contributed by atoms with Crippen LogP contribution in [0.1, 0.15) is 6.92 Å². The molecule has 22 heavy (non-hydrogen) atoms. The first-order valence-electron chi connectivity index (χ1n) is 6.68. The van der Waals surface area contributed by atoms with Crippen LogP contribution in [-0.4, -0.2) is 29.6 Å². The summed E-state index contributed by atoms with van der Waals surface area (Å²) in [5, 5.41) is 0. The van der Waals surface area contributed by atoms with E-state index < -0.39 is 0 Å². The summed E-state index contributed by atoms with van der Waals surface area (Å²) in [7, 11) is 1.69. The Labute approximate surface area is 129 Å². The molecule has 0 atom stereocenters. The molecular weight excluding hydrogens is 278 g/mol. The maximum absolute atomic E-state index is 5.67. The molecule has 2 aromatic rings. The molecule has 0 bridgehead atoms. The smallest absolute Gasteiger partial charge is 0.254 e. The van der Waals surface area contributed by atoms with Crippen LogP contribution in [-0.2, 0) is 0 Å². The largest absolute Gasteiger partial charge is 0.443 e. The van der Waals surface area contributed by atoms with Crippen molar-refractivity contribution in [2.75, 3.05) is 7.05 Å². The second-order valence-corrected chi connectivity index (χ2v) is 4.32. The normalized spacial score (nSPS) is 12.2. The molecule has 0 aliphatic carbocycles. The maximum Gasteiger partial charge on any atom is 0.254 e. The molecule has 0 aliphatic rings. The van der Waals surface area contributed by atoms with E-state index in [-0.39, 0.29) is 5.95 Å². The topological polar surface area (TPSA) is 85.8 Å². The molecule has 0 aliphatic heterocycles. The Morgan fingerprint density at radius 1 is 1.23 bits per heavy atom. The first kappa shape index (κ1) is 15.4. The molecule has 6 nitrogen and oxygen atoms in total. The van der Waals surface area contributed by atoms with Crippen molar-refractivity contribution < 1.29 is 4.74 Å². The summed E-state index contributed by atoms with van der Waals surface area (Å²) in [6, 6.07) is 11.5. The fourth-order valence-electron chi connectivity index (χ4n) is 1.72. The molecule has 0 saturated carbocycles. The summed E-state index contributed by atoms with van der Waals surface area (Å²) in [5.41, 5.74) is 6.98. The van der Waals surface area contributed by atoms with Crippen molar-refractivity contribution in [1.82, 2.24) is 9.97 Å². The highest BCUT2D eigenvalue weighted by molar-refractivity contribution is 5.71. The van der Waals surface area contributed by atoms with Gasteiger partial charge in [-0.1, -0.05) is 30.3 Å². The van der Waals surface area contributed by atoms with Gasteiger partial charge in [0.25, 0.3) is 5.95 Å². The predicted octanol–water partition coefficient (Wildman–Crippen LogP) is 2.75. The molecule has 0 radical (unpaired) electrons. The van der Waals surface area contributed by atoms with Crippen LogP contribution in [0.15, 0.2) is 58.2 Å². The van der Waals surface area contributed by atoms with Gasteiger partial charge in [-0.15, -0.1) is 0 Å². The SMILES string of the molecule is CN=C/C=C(\C)Oc1cc(-c2ccccc2)nc(/N=C\N)n1. The molecular formula is C16H17N5O. The van der Waals surface area contributed by atoms with Crippen molar-refractivity contribution in [3.63, 3.8) is 0 Å². The quantitative estimate of drug-likeness (QED) is 0.522. The molecule has 0 unspecified atom stereocenters. The summed E-state index contributed by atoms with van der Waals surface area (Å²) < 4.78 is 5.67. The summed E-state index contributed by atoms with van der Waals surface area (Å²) in [5.74, 6) is 1.30. The number of rotatable bonds is 5. The van der Waals surface area contributed by atoms with Gasteiger partial charge in [0.15, 0.2) is 0 Å². The molecule has 2 rings (SSSR count). The molecule has 6 heteroatoms. The van der Waals surface area contributed by atoms with E-state index in [1.165, 1.54) is 0 Å². The van der Waals surface area contributed by atoms with Gasteiger partial charge in [-0.3, -0.25) is 4.99 Å². The van der Waals surface area contributed by atoms with Crippen molar-refractivity contribution >= 4 is 18.5 Å². The van der Waals surface area contributed by atoms with E-state index in [1.54, 1.807) is 25.4 Å². The van der Waals surface area contributed by atoms with Gasteiger partial charge < -0.3 is 10.5 Å². The van der Waals surface area contributed by atoms with Crippen LogP contribution in [0.2, 0.25) is 0 Å². The predicted molar refractivity (Wildman–Crippen MR) is 88.6 cm³/mol. The van der Waals surface area contributed by atoms with E-state index in [4.69, 9.17) is 10.5 Å². The second kappa shape index (κ2) is 7.68. The van der Waals surface area contributed by atoms with Crippen LogP contribution in [0.3, 0.4) is 0 Å².